The highest BCUT2D eigenvalue weighted by Gasteiger charge is 2.19. The maximum Gasteiger partial charge on any atom is 0.306 e. The minimum absolute atomic E-state index is 0.0764. The Balaban J connectivity index is 4.35. The first-order valence-electron chi connectivity index (χ1n) is 29.2. The van der Waals surface area contributed by atoms with Crippen LogP contribution in [0.2, 0.25) is 0 Å². The second kappa shape index (κ2) is 56.0. The van der Waals surface area contributed by atoms with Gasteiger partial charge in [0.1, 0.15) is 13.2 Å². The number of hydrogen-bond donors (Lipinski definition) is 0. The van der Waals surface area contributed by atoms with Gasteiger partial charge < -0.3 is 14.2 Å². The summed E-state index contributed by atoms with van der Waals surface area (Å²) in [6.07, 6.45) is 68.1. The summed E-state index contributed by atoms with van der Waals surface area (Å²) >= 11 is 0. The Hall–Kier alpha value is -2.63. The van der Waals surface area contributed by atoms with E-state index in [4.69, 9.17) is 14.2 Å². The molecular weight excluding hydrogens is 829 g/mol. The molecule has 1 unspecified atom stereocenters. The van der Waals surface area contributed by atoms with E-state index in [1.54, 1.807) is 0 Å². The van der Waals surface area contributed by atoms with Crippen molar-refractivity contribution in [1.82, 2.24) is 0 Å². The fraction of sp³-hybridized carbons (Fsp3) is 0.820. The standard InChI is InChI=1S/C61H110O6/c1-4-7-10-13-16-19-22-25-28-29-30-31-34-36-39-42-45-48-51-54-60(63)66-57-58(67-61(64)55-52-49-46-43-40-37-33-27-24-21-18-15-12-9-6-3)56-65-59(62)53-50-47-44-41-38-35-32-26-23-20-17-14-11-8-5-2/h9,12,15,18,21,24,29-30,58H,4-8,10-11,13-14,16-17,19-20,22-23,25-28,31-57H2,1-3H3/b12-9-,18-15-,24-21-,30-29-. The molecule has 0 aliphatic carbocycles. The van der Waals surface area contributed by atoms with Gasteiger partial charge in [-0.2, -0.15) is 0 Å². The number of carbonyl (C=O) groups excluding carboxylic acids is 3. The van der Waals surface area contributed by atoms with E-state index in [1.165, 1.54) is 193 Å². The van der Waals surface area contributed by atoms with Crippen LogP contribution in [0.5, 0.6) is 0 Å². The van der Waals surface area contributed by atoms with Crippen molar-refractivity contribution in [1.29, 1.82) is 0 Å². The molecule has 0 bridgehead atoms. The summed E-state index contributed by atoms with van der Waals surface area (Å²) in [6, 6.07) is 0. The summed E-state index contributed by atoms with van der Waals surface area (Å²) in [7, 11) is 0. The smallest absolute Gasteiger partial charge is 0.306 e. The highest BCUT2D eigenvalue weighted by molar-refractivity contribution is 5.71. The van der Waals surface area contributed by atoms with Crippen molar-refractivity contribution >= 4 is 17.9 Å². The second-order valence-electron chi connectivity index (χ2n) is 19.6. The zero-order valence-corrected chi connectivity index (χ0v) is 44.7. The Labute approximate surface area is 416 Å². The molecule has 0 amide bonds. The van der Waals surface area contributed by atoms with E-state index < -0.39 is 6.10 Å². The van der Waals surface area contributed by atoms with Crippen LogP contribution in [0, 0.1) is 0 Å². The number of esters is 3. The van der Waals surface area contributed by atoms with Gasteiger partial charge in [-0.15, -0.1) is 0 Å². The monoisotopic (exact) mass is 939 g/mol. The normalized spacial score (nSPS) is 12.3. The Bertz CT molecular complexity index is 1170. The van der Waals surface area contributed by atoms with E-state index in [9.17, 15) is 14.4 Å². The number of hydrogen-bond acceptors (Lipinski definition) is 6. The van der Waals surface area contributed by atoms with E-state index in [1.807, 2.05) is 0 Å². The van der Waals surface area contributed by atoms with Crippen LogP contribution in [0.4, 0.5) is 0 Å². The van der Waals surface area contributed by atoms with Crippen LogP contribution < -0.4 is 0 Å². The van der Waals surface area contributed by atoms with Crippen LogP contribution in [0.25, 0.3) is 0 Å². The second-order valence-corrected chi connectivity index (χ2v) is 19.6. The van der Waals surface area contributed by atoms with Crippen LogP contribution in [-0.4, -0.2) is 37.2 Å². The van der Waals surface area contributed by atoms with Gasteiger partial charge in [0.2, 0.25) is 0 Å². The molecule has 0 saturated heterocycles. The third kappa shape index (κ3) is 54.2. The van der Waals surface area contributed by atoms with Gasteiger partial charge in [0.25, 0.3) is 0 Å². The minimum Gasteiger partial charge on any atom is -0.462 e. The van der Waals surface area contributed by atoms with Gasteiger partial charge >= 0.3 is 17.9 Å². The SMILES string of the molecule is CC\C=C/C=C\C=C/CCCCCCCCCC(=O)OC(COC(=O)CCCCCCCCC/C=C\CCCCCCCCCC)COC(=O)CCCCCCCCCCCCCCCCC. The van der Waals surface area contributed by atoms with Gasteiger partial charge in [-0.05, 0) is 64.2 Å². The molecule has 0 radical (unpaired) electrons. The zero-order chi connectivity index (χ0) is 48.6. The van der Waals surface area contributed by atoms with Crippen molar-refractivity contribution in [3.63, 3.8) is 0 Å². The third-order valence-corrected chi connectivity index (χ3v) is 12.9. The number of carbonyl (C=O) groups is 3. The van der Waals surface area contributed by atoms with Gasteiger partial charge in [-0.25, -0.2) is 0 Å². The molecule has 0 aromatic heterocycles. The summed E-state index contributed by atoms with van der Waals surface area (Å²) in [5.41, 5.74) is 0. The first-order valence-corrected chi connectivity index (χ1v) is 29.2. The Morgan fingerprint density at radius 1 is 0.313 bits per heavy atom. The molecule has 0 N–H and O–H groups in total. The number of rotatable bonds is 53. The highest BCUT2D eigenvalue weighted by atomic mass is 16.6. The molecule has 6 heteroatoms. The molecule has 0 aliphatic rings. The summed E-state index contributed by atoms with van der Waals surface area (Å²) in [5.74, 6) is -0.877. The number of ether oxygens (including phenoxy) is 3. The zero-order valence-electron chi connectivity index (χ0n) is 44.7. The third-order valence-electron chi connectivity index (χ3n) is 12.9. The molecule has 0 heterocycles. The Kier molecular flexibility index (Phi) is 53.8. The van der Waals surface area contributed by atoms with E-state index in [0.717, 1.165) is 70.6 Å². The predicted molar refractivity (Wildman–Crippen MR) is 289 cm³/mol. The van der Waals surface area contributed by atoms with Crippen molar-refractivity contribution < 1.29 is 28.6 Å². The molecule has 390 valence electrons. The molecule has 0 aromatic rings. The van der Waals surface area contributed by atoms with Crippen molar-refractivity contribution in [2.75, 3.05) is 13.2 Å². The van der Waals surface area contributed by atoms with Crippen LogP contribution in [0.1, 0.15) is 303 Å². The average molecular weight is 940 g/mol. The largest absolute Gasteiger partial charge is 0.462 e. The average Bonchev–Trinajstić information content (AvgIpc) is 3.33. The van der Waals surface area contributed by atoms with Crippen LogP contribution in [0.15, 0.2) is 48.6 Å². The number of allylic oxidation sites excluding steroid dienone is 8. The first kappa shape index (κ1) is 64.4. The van der Waals surface area contributed by atoms with Crippen molar-refractivity contribution in [3.05, 3.63) is 48.6 Å². The van der Waals surface area contributed by atoms with Gasteiger partial charge in [-0.1, -0.05) is 268 Å². The van der Waals surface area contributed by atoms with E-state index in [0.29, 0.717) is 19.3 Å². The van der Waals surface area contributed by atoms with Crippen molar-refractivity contribution in [2.45, 2.75) is 309 Å². The molecule has 0 rings (SSSR count). The summed E-state index contributed by atoms with van der Waals surface area (Å²) in [4.78, 5) is 38.2. The Morgan fingerprint density at radius 3 is 0.940 bits per heavy atom. The van der Waals surface area contributed by atoms with E-state index >= 15 is 0 Å². The van der Waals surface area contributed by atoms with Crippen LogP contribution in [-0.2, 0) is 28.6 Å². The molecule has 6 nitrogen and oxygen atoms in total. The lowest BCUT2D eigenvalue weighted by Gasteiger charge is -2.18. The van der Waals surface area contributed by atoms with E-state index in [-0.39, 0.29) is 31.1 Å². The number of unbranched alkanes of at least 4 members (excludes halogenated alkanes) is 36. The van der Waals surface area contributed by atoms with Gasteiger partial charge in [0.05, 0.1) is 0 Å². The summed E-state index contributed by atoms with van der Waals surface area (Å²) in [6.45, 7) is 6.54. The van der Waals surface area contributed by atoms with E-state index in [2.05, 4.69) is 69.4 Å². The molecule has 0 spiro atoms. The van der Waals surface area contributed by atoms with Gasteiger partial charge in [0.15, 0.2) is 6.10 Å². The molecule has 0 saturated carbocycles. The molecular formula is C61H110O6. The first-order chi connectivity index (χ1) is 33.0. The molecule has 67 heavy (non-hydrogen) atoms. The minimum atomic E-state index is -0.779. The molecule has 1 atom stereocenters. The maximum absolute atomic E-state index is 12.8. The van der Waals surface area contributed by atoms with Gasteiger partial charge in [-0.3, -0.25) is 14.4 Å². The molecule has 0 fully saturated rings. The Morgan fingerprint density at radius 2 is 0.597 bits per heavy atom. The topological polar surface area (TPSA) is 78.9 Å². The van der Waals surface area contributed by atoms with Crippen molar-refractivity contribution in [2.24, 2.45) is 0 Å². The van der Waals surface area contributed by atoms with Crippen LogP contribution in [0.3, 0.4) is 0 Å². The molecule has 0 aliphatic heterocycles. The fourth-order valence-corrected chi connectivity index (χ4v) is 8.50. The maximum atomic E-state index is 12.8. The fourth-order valence-electron chi connectivity index (χ4n) is 8.50. The lowest BCUT2D eigenvalue weighted by Crippen LogP contribution is -2.30. The van der Waals surface area contributed by atoms with Crippen LogP contribution >= 0.6 is 0 Å². The lowest BCUT2D eigenvalue weighted by molar-refractivity contribution is -0.167. The summed E-state index contributed by atoms with van der Waals surface area (Å²) < 4.78 is 16.9. The highest BCUT2D eigenvalue weighted by Crippen LogP contribution is 2.16. The van der Waals surface area contributed by atoms with Gasteiger partial charge in [0, 0.05) is 19.3 Å². The lowest BCUT2D eigenvalue weighted by atomic mass is 10.0. The predicted octanol–water partition coefficient (Wildman–Crippen LogP) is 19.4. The quantitative estimate of drug-likeness (QED) is 0.0199. The molecule has 0 aromatic carbocycles. The van der Waals surface area contributed by atoms with Crippen molar-refractivity contribution in [3.8, 4) is 0 Å². The summed E-state index contributed by atoms with van der Waals surface area (Å²) in [5, 5.41) is 0.